The fourth-order valence-electron chi connectivity index (χ4n) is 2.02. The van der Waals surface area contributed by atoms with E-state index in [1.807, 2.05) is 0 Å². The van der Waals surface area contributed by atoms with Crippen molar-refractivity contribution in [1.29, 1.82) is 0 Å². The fraction of sp³-hybridized carbons (Fsp3) is 0.111. The number of benzene rings is 2. The summed E-state index contributed by atoms with van der Waals surface area (Å²) < 4.78 is 5.07. The molecule has 24 heavy (non-hydrogen) atoms. The number of rotatable bonds is 6. The van der Waals surface area contributed by atoms with Crippen molar-refractivity contribution < 1.29 is 14.3 Å². The molecular formula is C18H17ClN2O3. The summed E-state index contributed by atoms with van der Waals surface area (Å²) in [7, 11) is 1.52. The van der Waals surface area contributed by atoms with Crippen LogP contribution in [-0.4, -0.2) is 25.5 Å². The van der Waals surface area contributed by atoms with Gasteiger partial charge in [-0.1, -0.05) is 23.7 Å². The van der Waals surface area contributed by atoms with E-state index in [1.54, 1.807) is 42.5 Å². The average molecular weight is 345 g/mol. The molecule has 0 aliphatic rings. The van der Waals surface area contributed by atoms with E-state index in [2.05, 4.69) is 17.2 Å². The zero-order chi connectivity index (χ0) is 17.5. The Morgan fingerprint density at radius 2 is 1.88 bits per heavy atom. The van der Waals surface area contributed by atoms with Crippen molar-refractivity contribution in [1.82, 2.24) is 5.32 Å². The van der Waals surface area contributed by atoms with Crippen molar-refractivity contribution >= 4 is 29.1 Å². The number of carbonyl (C=O) groups excluding carboxylic acids is 2. The highest BCUT2D eigenvalue weighted by atomic mass is 35.5. The highest BCUT2D eigenvalue weighted by Gasteiger charge is 2.11. The molecule has 0 saturated heterocycles. The molecule has 0 atom stereocenters. The third-order valence-corrected chi connectivity index (χ3v) is 3.50. The molecule has 124 valence electrons. The minimum atomic E-state index is -0.338. The number of hydrogen-bond donors (Lipinski definition) is 2. The predicted octanol–water partition coefficient (Wildman–Crippen LogP) is 3.52. The minimum Gasteiger partial charge on any atom is -0.495 e. The van der Waals surface area contributed by atoms with Gasteiger partial charge in [0.2, 0.25) is 0 Å². The third kappa shape index (κ3) is 4.36. The number of nitrogens with one attached hydrogen (secondary N) is 2. The van der Waals surface area contributed by atoms with Gasteiger partial charge in [0.05, 0.1) is 12.1 Å². The van der Waals surface area contributed by atoms with Gasteiger partial charge >= 0.3 is 0 Å². The Labute approximate surface area is 145 Å². The van der Waals surface area contributed by atoms with Gasteiger partial charge < -0.3 is 15.4 Å². The summed E-state index contributed by atoms with van der Waals surface area (Å²) in [5, 5.41) is 5.79. The lowest BCUT2D eigenvalue weighted by molar-refractivity contribution is 0.0958. The van der Waals surface area contributed by atoms with Gasteiger partial charge in [-0.15, -0.1) is 6.58 Å². The molecule has 2 rings (SSSR count). The van der Waals surface area contributed by atoms with Gasteiger partial charge in [0.1, 0.15) is 5.75 Å². The monoisotopic (exact) mass is 344 g/mol. The zero-order valence-corrected chi connectivity index (χ0v) is 13.9. The van der Waals surface area contributed by atoms with Crippen molar-refractivity contribution in [2.45, 2.75) is 0 Å². The van der Waals surface area contributed by atoms with E-state index in [1.165, 1.54) is 13.2 Å². The van der Waals surface area contributed by atoms with Crippen LogP contribution < -0.4 is 15.4 Å². The first-order chi connectivity index (χ1) is 11.5. The molecule has 0 heterocycles. The first-order valence-electron chi connectivity index (χ1n) is 7.19. The summed E-state index contributed by atoms with van der Waals surface area (Å²) in [6.45, 7) is 3.90. The quantitative estimate of drug-likeness (QED) is 0.788. The molecule has 2 aromatic carbocycles. The number of ether oxygens (including phenoxy) is 1. The van der Waals surface area contributed by atoms with Crippen LogP contribution in [0.2, 0.25) is 5.02 Å². The summed E-state index contributed by atoms with van der Waals surface area (Å²) >= 11 is 6.04. The van der Waals surface area contributed by atoms with E-state index >= 15 is 0 Å². The van der Waals surface area contributed by atoms with Gasteiger partial charge in [-0.3, -0.25) is 9.59 Å². The van der Waals surface area contributed by atoms with Crippen LogP contribution in [0.3, 0.4) is 0 Å². The Morgan fingerprint density at radius 1 is 1.17 bits per heavy atom. The predicted molar refractivity (Wildman–Crippen MR) is 94.9 cm³/mol. The summed E-state index contributed by atoms with van der Waals surface area (Å²) in [6, 6.07) is 11.4. The zero-order valence-electron chi connectivity index (χ0n) is 13.1. The summed E-state index contributed by atoms with van der Waals surface area (Å²) in [5.74, 6) is -0.0813. The highest BCUT2D eigenvalue weighted by molar-refractivity contribution is 6.32. The van der Waals surface area contributed by atoms with Crippen LogP contribution in [0, 0.1) is 0 Å². The molecule has 0 aliphatic carbocycles. The standard InChI is InChI=1S/C18H17ClN2O3/c1-3-9-20-17(22)12-5-4-6-13(10-12)18(23)21-14-7-8-16(24-2)15(19)11-14/h3-8,10-11H,1,9H2,2H3,(H,20,22)(H,21,23). The summed E-state index contributed by atoms with van der Waals surface area (Å²) in [5.41, 5.74) is 1.30. The SMILES string of the molecule is C=CCNC(=O)c1cccc(C(=O)Nc2ccc(OC)c(Cl)c2)c1. The van der Waals surface area contributed by atoms with Crippen LogP contribution in [0.5, 0.6) is 5.75 Å². The molecule has 6 heteroatoms. The lowest BCUT2D eigenvalue weighted by Gasteiger charge is -2.09. The number of hydrogen-bond acceptors (Lipinski definition) is 3. The van der Waals surface area contributed by atoms with Gasteiger partial charge in [0, 0.05) is 23.4 Å². The number of carbonyl (C=O) groups is 2. The van der Waals surface area contributed by atoms with Gasteiger partial charge in [0.15, 0.2) is 0 Å². The van der Waals surface area contributed by atoms with Crippen LogP contribution >= 0.6 is 11.6 Å². The Kier molecular flexibility index (Phi) is 5.98. The average Bonchev–Trinajstić information content (AvgIpc) is 2.60. The molecule has 2 amide bonds. The van der Waals surface area contributed by atoms with E-state index in [0.29, 0.717) is 34.1 Å². The second-order valence-electron chi connectivity index (χ2n) is 4.88. The number of anilines is 1. The smallest absolute Gasteiger partial charge is 0.255 e. The second kappa shape index (κ2) is 8.17. The van der Waals surface area contributed by atoms with Gasteiger partial charge in [0.25, 0.3) is 11.8 Å². The molecule has 0 spiro atoms. The Morgan fingerprint density at radius 3 is 2.50 bits per heavy atom. The fourth-order valence-corrected chi connectivity index (χ4v) is 2.27. The van der Waals surface area contributed by atoms with Crippen LogP contribution in [0.1, 0.15) is 20.7 Å². The first-order valence-corrected chi connectivity index (χ1v) is 7.57. The van der Waals surface area contributed by atoms with Gasteiger partial charge in [-0.2, -0.15) is 0 Å². The maximum absolute atomic E-state index is 12.3. The number of methoxy groups -OCH3 is 1. The van der Waals surface area contributed by atoms with E-state index in [0.717, 1.165) is 0 Å². The minimum absolute atomic E-state index is 0.267. The third-order valence-electron chi connectivity index (χ3n) is 3.20. The molecule has 2 aromatic rings. The largest absolute Gasteiger partial charge is 0.495 e. The van der Waals surface area contributed by atoms with E-state index < -0.39 is 0 Å². The van der Waals surface area contributed by atoms with E-state index in [4.69, 9.17) is 16.3 Å². The van der Waals surface area contributed by atoms with Crippen molar-refractivity contribution in [3.05, 3.63) is 71.3 Å². The van der Waals surface area contributed by atoms with E-state index in [9.17, 15) is 9.59 Å². The van der Waals surface area contributed by atoms with E-state index in [-0.39, 0.29) is 11.8 Å². The normalized spacial score (nSPS) is 9.92. The molecule has 2 N–H and O–H groups in total. The Bertz CT molecular complexity index is 775. The van der Waals surface area contributed by atoms with Crippen LogP contribution in [0.4, 0.5) is 5.69 Å². The molecule has 0 unspecified atom stereocenters. The van der Waals surface area contributed by atoms with Crippen LogP contribution in [-0.2, 0) is 0 Å². The van der Waals surface area contributed by atoms with Crippen molar-refractivity contribution in [2.24, 2.45) is 0 Å². The molecule has 0 aromatic heterocycles. The second-order valence-corrected chi connectivity index (χ2v) is 5.29. The molecule has 0 radical (unpaired) electrons. The molecule has 0 bridgehead atoms. The van der Waals surface area contributed by atoms with Crippen molar-refractivity contribution in [3.8, 4) is 5.75 Å². The van der Waals surface area contributed by atoms with Crippen molar-refractivity contribution in [2.75, 3.05) is 19.0 Å². The Balaban J connectivity index is 2.13. The summed E-state index contributed by atoms with van der Waals surface area (Å²) in [4.78, 5) is 24.3. The molecule has 0 saturated carbocycles. The van der Waals surface area contributed by atoms with Crippen LogP contribution in [0.15, 0.2) is 55.1 Å². The number of halogens is 1. The lowest BCUT2D eigenvalue weighted by atomic mass is 10.1. The summed E-state index contributed by atoms with van der Waals surface area (Å²) in [6.07, 6.45) is 1.59. The lowest BCUT2D eigenvalue weighted by Crippen LogP contribution is -2.23. The molecule has 0 aliphatic heterocycles. The molecular weight excluding hydrogens is 328 g/mol. The highest BCUT2D eigenvalue weighted by Crippen LogP contribution is 2.27. The van der Waals surface area contributed by atoms with Gasteiger partial charge in [-0.05, 0) is 36.4 Å². The Hall–Kier alpha value is -2.79. The molecule has 0 fully saturated rings. The topological polar surface area (TPSA) is 67.4 Å². The maximum Gasteiger partial charge on any atom is 0.255 e. The first kappa shape index (κ1) is 17.6. The number of amides is 2. The van der Waals surface area contributed by atoms with Gasteiger partial charge in [-0.25, -0.2) is 0 Å². The van der Waals surface area contributed by atoms with Crippen LogP contribution in [0.25, 0.3) is 0 Å². The molecule has 5 nitrogen and oxygen atoms in total. The van der Waals surface area contributed by atoms with Crippen molar-refractivity contribution in [3.63, 3.8) is 0 Å². The maximum atomic E-state index is 12.3.